The molecule has 1 aromatic rings. The van der Waals surface area contributed by atoms with Crippen molar-refractivity contribution in [2.45, 2.75) is 44.1 Å². The van der Waals surface area contributed by atoms with Gasteiger partial charge in [-0.05, 0) is 31.9 Å². The van der Waals surface area contributed by atoms with Crippen LogP contribution in [-0.2, 0) is 6.54 Å². The molecule has 1 aromatic carbocycles. The van der Waals surface area contributed by atoms with E-state index in [9.17, 15) is 18.3 Å². The molecule has 1 aliphatic heterocycles. The number of aliphatic hydroxyl groups excluding tert-OH is 1. The Morgan fingerprint density at radius 2 is 1.95 bits per heavy atom. The minimum absolute atomic E-state index is 0.362. The molecule has 19 heavy (non-hydrogen) atoms. The van der Waals surface area contributed by atoms with E-state index in [4.69, 9.17) is 0 Å². The molecule has 0 spiro atoms. The number of rotatable bonds is 3. The summed E-state index contributed by atoms with van der Waals surface area (Å²) in [6.07, 6.45) is -5.84. The first-order valence-electron chi connectivity index (χ1n) is 6.38. The molecule has 5 heteroatoms. The van der Waals surface area contributed by atoms with Crippen LogP contribution in [0, 0.1) is 0 Å². The second-order valence-corrected chi connectivity index (χ2v) is 5.31. The summed E-state index contributed by atoms with van der Waals surface area (Å²) in [7, 11) is 0. The average molecular weight is 273 g/mol. The first kappa shape index (κ1) is 14.3. The van der Waals surface area contributed by atoms with Gasteiger partial charge in [-0.1, -0.05) is 30.3 Å². The van der Waals surface area contributed by atoms with E-state index in [-0.39, 0.29) is 0 Å². The van der Waals surface area contributed by atoms with Gasteiger partial charge in [0.2, 0.25) is 0 Å². The van der Waals surface area contributed by atoms with E-state index in [1.165, 1.54) is 6.92 Å². The Morgan fingerprint density at radius 1 is 1.32 bits per heavy atom. The van der Waals surface area contributed by atoms with Crippen LogP contribution in [0.2, 0.25) is 0 Å². The lowest BCUT2D eigenvalue weighted by atomic mass is 9.90. The Kier molecular flexibility index (Phi) is 3.87. The van der Waals surface area contributed by atoms with Crippen LogP contribution in [0.1, 0.15) is 25.3 Å². The van der Waals surface area contributed by atoms with E-state index in [0.29, 0.717) is 25.9 Å². The lowest BCUT2D eigenvalue weighted by molar-refractivity contribution is -0.236. The molecule has 1 N–H and O–H groups in total. The highest BCUT2D eigenvalue weighted by Gasteiger charge is 2.54. The molecule has 0 unspecified atom stereocenters. The molecule has 2 rings (SSSR count). The Morgan fingerprint density at radius 3 is 2.53 bits per heavy atom. The van der Waals surface area contributed by atoms with Crippen LogP contribution in [-0.4, -0.2) is 34.4 Å². The zero-order valence-corrected chi connectivity index (χ0v) is 10.8. The number of hydrogen-bond donors (Lipinski definition) is 1. The average Bonchev–Trinajstić information content (AvgIpc) is 2.71. The van der Waals surface area contributed by atoms with Crippen molar-refractivity contribution >= 4 is 0 Å². The van der Waals surface area contributed by atoms with Gasteiger partial charge in [-0.3, -0.25) is 4.90 Å². The van der Waals surface area contributed by atoms with E-state index in [1.807, 2.05) is 30.3 Å². The van der Waals surface area contributed by atoms with Gasteiger partial charge >= 0.3 is 6.18 Å². The Bertz CT molecular complexity index is 420. The van der Waals surface area contributed by atoms with Crippen LogP contribution in [0.4, 0.5) is 13.2 Å². The summed E-state index contributed by atoms with van der Waals surface area (Å²) in [4.78, 5) is 1.74. The molecule has 0 radical (unpaired) electrons. The number of nitrogens with zero attached hydrogens (tertiary/aromatic N) is 1. The molecule has 1 fully saturated rings. The molecule has 0 saturated carbocycles. The molecule has 2 nitrogen and oxygen atoms in total. The van der Waals surface area contributed by atoms with Crippen molar-refractivity contribution in [3.63, 3.8) is 0 Å². The largest absolute Gasteiger partial charge is 0.416 e. The van der Waals surface area contributed by atoms with Crippen molar-refractivity contribution in [1.29, 1.82) is 0 Å². The van der Waals surface area contributed by atoms with Gasteiger partial charge in [0.25, 0.3) is 0 Å². The number of halogens is 3. The number of hydrogen-bond acceptors (Lipinski definition) is 2. The molecule has 1 saturated heterocycles. The monoisotopic (exact) mass is 273 g/mol. The molecule has 0 aliphatic carbocycles. The van der Waals surface area contributed by atoms with E-state index < -0.39 is 17.8 Å². The summed E-state index contributed by atoms with van der Waals surface area (Å²) in [5.41, 5.74) is -0.265. The third-order valence-electron chi connectivity index (χ3n) is 3.95. The highest BCUT2D eigenvalue weighted by molar-refractivity contribution is 5.16. The van der Waals surface area contributed by atoms with Gasteiger partial charge in [-0.2, -0.15) is 13.2 Å². The minimum atomic E-state index is -4.58. The highest BCUT2D eigenvalue weighted by atomic mass is 19.4. The van der Waals surface area contributed by atoms with E-state index in [2.05, 4.69) is 0 Å². The van der Waals surface area contributed by atoms with Crippen molar-refractivity contribution < 1.29 is 18.3 Å². The van der Waals surface area contributed by atoms with Crippen molar-refractivity contribution in [2.75, 3.05) is 6.54 Å². The first-order chi connectivity index (χ1) is 8.84. The summed E-state index contributed by atoms with van der Waals surface area (Å²) < 4.78 is 38.3. The maximum Gasteiger partial charge on any atom is 0.416 e. The molecular formula is C14H18F3NO. The minimum Gasteiger partial charge on any atom is -0.382 e. The summed E-state index contributed by atoms with van der Waals surface area (Å²) in [5.74, 6) is 0. The summed E-state index contributed by atoms with van der Waals surface area (Å²) >= 11 is 0. The first-order valence-corrected chi connectivity index (χ1v) is 6.38. The van der Waals surface area contributed by atoms with Gasteiger partial charge in [-0.15, -0.1) is 0 Å². The normalized spacial score (nSPS) is 26.6. The molecule has 2 atom stereocenters. The fourth-order valence-electron chi connectivity index (χ4n) is 2.77. The molecular weight excluding hydrogens is 255 g/mol. The number of likely N-dealkylation sites (tertiary alicyclic amines) is 1. The predicted octanol–water partition coefficient (Wildman–Crippen LogP) is 2.96. The maximum atomic E-state index is 12.8. The smallest absolute Gasteiger partial charge is 0.382 e. The van der Waals surface area contributed by atoms with Gasteiger partial charge in [0, 0.05) is 6.54 Å². The standard InChI is InChI=1S/C14H18F3NO/c1-13(12(19)14(15,16)17)8-5-9-18(13)10-11-6-3-2-4-7-11/h2-4,6-7,12,19H,5,8-10H2,1H3/t12-,13+/m0/s1. The Labute approximate surface area is 110 Å². The third-order valence-corrected chi connectivity index (χ3v) is 3.95. The fraction of sp³-hybridized carbons (Fsp3) is 0.571. The predicted molar refractivity (Wildman–Crippen MR) is 66.6 cm³/mol. The topological polar surface area (TPSA) is 23.5 Å². The summed E-state index contributed by atoms with van der Waals surface area (Å²) in [6, 6.07) is 9.38. The number of aliphatic hydroxyl groups is 1. The van der Waals surface area contributed by atoms with Gasteiger partial charge in [0.1, 0.15) is 0 Å². The Balaban J connectivity index is 2.16. The van der Waals surface area contributed by atoms with Crippen LogP contribution in [0.25, 0.3) is 0 Å². The lowest BCUT2D eigenvalue weighted by Crippen LogP contribution is -2.56. The second-order valence-electron chi connectivity index (χ2n) is 5.31. The number of alkyl halides is 3. The van der Waals surface area contributed by atoms with Gasteiger partial charge in [-0.25, -0.2) is 0 Å². The van der Waals surface area contributed by atoms with Gasteiger partial charge < -0.3 is 5.11 Å². The van der Waals surface area contributed by atoms with Crippen molar-refractivity contribution in [2.24, 2.45) is 0 Å². The van der Waals surface area contributed by atoms with Crippen LogP contribution >= 0.6 is 0 Å². The van der Waals surface area contributed by atoms with Crippen molar-refractivity contribution in [3.8, 4) is 0 Å². The van der Waals surface area contributed by atoms with Crippen LogP contribution in [0.5, 0.6) is 0 Å². The Hall–Kier alpha value is -1.07. The molecule has 106 valence electrons. The van der Waals surface area contributed by atoms with Gasteiger partial charge in [0.05, 0.1) is 5.54 Å². The molecule has 1 aliphatic rings. The SMILES string of the molecule is C[C@]1([C@H](O)C(F)(F)F)CCCN1Cc1ccccc1. The van der Waals surface area contributed by atoms with E-state index in [0.717, 1.165) is 5.56 Å². The van der Waals surface area contributed by atoms with Crippen molar-refractivity contribution in [1.82, 2.24) is 4.90 Å². The zero-order valence-electron chi connectivity index (χ0n) is 10.8. The van der Waals surface area contributed by atoms with E-state index in [1.54, 1.807) is 4.90 Å². The van der Waals surface area contributed by atoms with Gasteiger partial charge in [0.15, 0.2) is 6.10 Å². The van der Waals surface area contributed by atoms with E-state index >= 15 is 0 Å². The number of benzene rings is 1. The zero-order chi connectivity index (χ0) is 14.1. The maximum absolute atomic E-state index is 12.8. The van der Waals surface area contributed by atoms with Crippen LogP contribution < -0.4 is 0 Å². The van der Waals surface area contributed by atoms with Crippen molar-refractivity contribution in [3.05, 3.63) is 35.9 Å². The quantitative estimate of drug-likeness (QED) is 0.915. The highest BCUT2D eigenvalue weighted by Crippen LogP contribution is 2.39. The molecule has 0 aromatic heterocycles. The van der Waals surface area contributed by atoms with Crippen LogP contribution in [0.15, 0.2) is 30.3 Å². The molecule has 1 heterocycles. The lowest BCUT2D eigenvalue weighted by Gasteiger charge is -2.39. The summed E-state index contributed by atoms with van der Waals surface area (Å²) in [5, 5.41) is 9.63. The molecule has 0 amide bonds. The van der Waals surface area contributed by atoms with Crippen LogP contribution in [0.3, 0.4) is 0 Å². The fourth-order valence-corrected chi connectivity index (χ4v) is 2.77. The second kappa shape index (κ2) is 5.13. The third kappa shape index (κ3) is 2.92. The summed E-state index contributed by atoms with van der Waals surface area (Å²) in [6.45, 7) is 2.52. The molecule has 0 bridgehead atoms.